The van der Waals surface area contributed by atoms with Crippen LogP contribution >= 0.6 is 0 Å². The Kier molecular flexibility index (Phi) is 1.94. The van der Waals surface area contributed by atoms with Gasteiger partial charge in [0.1, 0.15) is 0 Å². The van der Waals surface area contributed by atoms with Gasteiger partial charge in [-0.05, 0) is 18.1 Å². The zero-order chi connectivity index (χ0) is 11.2. The zero-order valence-corrected chi connectivity index (χ0v) is 8.94. The summed E-state index contributed by atoms with van der Waals surface area (Å²) in [6, 6.07) is 8.08. The lowest BCUT2D eigenvalue weighted by Gasteiger charge is -2.46. The Labute approximate surface area is 93.9 Å². The number of hydrogen-bond acceptors (Lipinski definition) is 3. The normalized spacial score (nSPS) is 21.4. The van der Waals surface area contributed by atoms with Crippen LogP contribution in [0, 0.1) is 0 Å². The molecular weight excluding hydrogens is 204 g/mol. The van der Waals surface area contributed by atoms with Gasteiger partial charge in [-0.3, -0.25) is 0 Å². The molecular formula is C12H14N2O2. The van der Waals surface area contributed by atoms with E-state index in [4.69, 9.17) is 0 Å². The van der Waals surface area contributed by atoms with E-state index in [0.717, 1.165) is 18.7 Å². The maximum Gasteiger partial charge on any atom is 0.332 e. The molecule has 4 nitrogen and oxygen atoms in total. The fourth-order valence-corrected chi connectivity index (χ4v) is 2.60. The van der Waals surface area contributed by atoms with Crippen LogP contribution in [0.3, 0.4) is 0 Å². The minimum Gasteiger partial charge on any atom is -0.479 e. The zero-order valence-electron chi connectivity index (χ0n) is 8.94. The van der Waals surface area contributed by atoms with Crippen molar-refractivity contribution in [1.82, 2.24) is 5.32 Å². The molecule has 0 radical (unpaired) electrons. The Hall–Kier alpha value is -1.55. The van der Waals surface area contributed by atoms with Gasteiger partial charge in [-0.1, -0.05) is 18.2 Å². The molecule has 1 saturated heterocycles. The van der Waals surface area contributed by atoms with Crippen molar-refractivity contribution in [3.8, 4) is 0 Å². The molecule has 0 amide bonds. The van der Waals surface area contributed by atoms with E-state index in [1.807, 2.05) is 23.1 Å². The van der Waals surface area contributed by atoms with Crippen molar-refractivity contribution in [3.63, 3.8) is 0 Å². The fourth-order valence-electron chi connectivity index (χ4n) is 2.60. The molecule has 1 aromatic rings. The predicted octanol–water partition coefficient (Wildman–Crippen LogP) is 0.476. The lowest BCUT2D eigenvalue weighted by Crippen LogP contribution is -2.73. The van der Waals surface area contributed by atoms with Gasteiger partial charge in [0.2, 0.25) is 0 Å². The third-order valence-corrected chi connectivity index (χ3v) is 3.64. The SMILES string of the molecule is O=C(O)C1(N2CCc3ccccc32)CNC1. The number of para-hydroxylation sites is 1. The summed E-state index contributed by atoms with van der Waals surface area (Å²) in [5, 5.41) is 12.5. The summed E-state index contributed by atoms with van der Waals surface area (Å²) in [5.41, 5.74) is 1.63. The number of rotatable bonds is 2. The van der Waals surface area contributed by atoms with Gasteiger partial charge in [-0.25, -0.2) is 4.79 Å². The number of carbonyl (C=O) groups is 1. The lowest BCUT2D eigenvalue weighted by atomic mass is 9.90. The first-order valence-corrected chi connectivity index (χ1v) is 5.54. The first-order chi connectivity index (χ1) is 7.74. The van der Waals surface area contributed by atoms with E-state index >= 15 is 0 Å². The molecule has 84 valence electrons. The van der Waals surface area contributed by atoms with Crippen molar-refractivity contribution in [1.29, 1.82) is 0 Å². The highest BCUT2D eigenvalue weighted by atomic mass is 16.4. The number of carboxylic acid groups (broad SMARTS) is 1. The molecule has 4 heteroatoms. The summed E-state index contributed by atoms with van der Waals surface area (Å²) < 4.78 is 0. The minimum atomic E-state index is -0.719. The molecule has 0 aromatic heterocycles. The van der Waals surface area contributed by atoms with Crippen LogP contribution in [0.5, 0.6) is 0 Å². The van der Waals surface area contributed by atoms with Crippen LogP contribution in [0.1, 0.15) is 5.56 Å². The number of nitrogens with zero attached hydrogens (tertiary/aromatic N) is 1. The summed E-state index contributed by atoms with van der Waals surface area (Å²) in [7, 11) is 0. The Morgan fingerprint density at radius 2 is 2.12 bits per heavy atom. The van der Waals surface area contributed by atoms with Crippen molar-refractivity contribution in [2.45, 2.75) is 12.0 Å². The number of aliphatic carboxylic acids is 1. The maximum atomic E-state index is 11.4. The van der Waals surface area contributed by atoms with Gasteiger partial charge in [-0.15, -0.1) is 0 Å². The first-order valence-electron chi connectivity index (χ1n) is 5.54. The molecule has 0 aliphatic carbocycles. The summed E-state index contributed by atoms with van der Waals surface area (Å²) >= 11 is 0. The minimum absolute atomic E-state index is 0.538. The van der Waals surface area contributed by atoms with Crippen molar-refractivity contribution in [3.05, 3.63) is 29.8 Å². The standard InChI is InChI=1S/C12H14N2O2/c15-11(16)12(7-13-8-12)14-6-5-9-3-1-2-4-10(9)14/h1-4,13H,5-8H2,(H,15,16). The lowest BCUT2D eigenvalue weighted by molar-refractivity contribution is -0.145. The molecule has 3 rings (SSSR count). The van der Waals surface area contributed by atoms with Crippen LogP contribution < -0.4 is 10.2 Å². The van der Waals surface area contributed by atoms with Gasteiger partial charge in [0.25, 0.3) is 0 Å². The highest BCUT2D eigenvalue weighted by Gasteiger charge is 2.51. The molecule has 2 N–H and O–H groups in total. The van der Waals surface area contributed by atoms with Crippen LogP contribution in [-0.4, -0.2) is 36.2 Å². The summed E-state index contributed by atoms with van der Waals surface area (Å²) in [5.74, 6) is -0.719. The number of benzene rings is 1. The maximum absolute atomic E-state index is 11.4. The molecule has 0 atom stereocenters. The molecule has 0 saturated carbocycles. The number of fused-ring (bicyclic) bond motifs is 1. The average molecular weight is 218 g/mol. The molecule has 2 aliphatic rings. The molecule has 0 bridgehead atoms. The second-order valence-electron chi connectivity index (χ2n) is 4.47. The summed E-state index contributed by atoms with van der Waals surface area (Å²) in [4.78, 5) is 13.5. The highest BCUT2D eigenvalue weighted by Crippen LogP contribution is 2.35. The second-order valence-corrected chi connectivity index (χ2v) is 4.47. The number of anilines is 1. The van der Waals surface area contributed by atoms with Crippen molar-refractivity contribution in [2.75, 3.05) is 24.5 Å². The molecule has 2 aliphatic heterocycles. The third-order valence-electron chi connectivity index (χ3n) is 3.64. The number of hydrogen-bond donors (Lipinski definition) is 2. The summed E-state index contributed by atoms with van der Waals surface area (Å²) in [6.45, 7) is 1.89. The van der Waals surface area contributed by atoms with Gasteiger partial charge >= 0.3 is 5.97 Å². The Morgan fingerprint density at radius 3 is 2.75 bits per heavy atom. The highest BCUT2D eigenvalue weighted by molar-refractivity contribution is 5.87. The molecule has 1 fully saturated rings. The predicted molar refractivity (Wildman–Crippen MR) is 60.7 cm³/mol. The van der Waals surface area contributed by atoms with Gasteiger partial charge in [-0.2, -0.15) is 0 Å². The van der Waals surface area contributed by atoms with E-state index < -0.39 is 11.5 Å². The van der Waals surface area contributed by atoms with Crippen molar-refractivity contribution in [2.24, 2.45) is 0 Å². The van der Waals surface area contributed by atoms with Gasteiger partial charge in [0, 0.05) is 25.3 Å². The van der Waals surface area contributed by atoms with Crippen LogP contribution in [0.15, 0.2) is 24.3 Å². The topological polar surface area (TPSA) is 52.6 Å². The largest absolute Gasteiger partial charge is 0.479 e. The average Bonchev–Trinajstić information content (AvgIpc) is 2.61. The van der Waals surface area contributed by atoms with Crippen molar-refractivity contribution < 1.29 is 9.90 Å². The van der Waals surface area contributed by atoms with E-state index in [1.54, 1.807) is 0 Å². The molecule has 1 aromatic carbocycles. The fraction of sp³-hybridized carbons (Fsp3) is 0.417. The Bertz CT molecular complexity index is 440. The smallest absolute Gasteiger partial charge is 0.332 e. The molecule has 16 heavy (non-hydrogen) atoms. The molecule has 2 heterocycles. The van der Waals surface area contributed by atoms with Crippen LogP contribution in [0.25, 0.3) is 0 Å². The van der Waals surface area contributed by atoms with E-state index in [2.05, 4.69) is 11.4 Å². The molecule has 0 unspecified atom stereocenters. The van der Waals surface area contributed by atoms with Crippen LogP contribution in [0.2, 0.25) is 0 Å². The van der Waals surface area contributed by atoms with E-state index in [9.17, 15) is 9.90 Å². The van der Waals surface area contributed by atoms with Gasteiger partial charge < -0.3 is 15.3 Å². The van der Waals surface area contributed by atoms with Gasteiger partial charge in [0.15, 0.2) is 5.54 Å². The Balaban J connectivity index is 2.01. The van der Waals surface area contributed by atoms with E-state index in [0.29, 0.717) is 13.1 Å². The van der Waals surface area contributed by atoms with Crippen molar-refractivity contribution >= 4 is 11.7 Å². The summed E-state index contributed by atoms with van der Waals surface area (Å²) in [6.07, 6.45) is 0.950. The van der Waals surface area contributed by atoms with Crippen LogP contribution in [0.4, 0.5) is 5.69 Å². The Morgan fingerprint density at radius 1 is 1.38 bits per heavy atom. The second kappa shape index (κ2) is 3.22. The van der Waals surface area contributed by atoms with Gasteiger partial charge in [0.05, 0.1) is 0 Å². The third kappa shape index (κ3) is 1.10. The number of nitrogens with one attached hydrogen (secondary N) is 1. The molecule has 0 spiro atoms. The van der Waals surface area contributed by atoms with E-state index in [1.165, 1.54) is 5.56 Å². The van der Waals surface area contributed by atoms with E-state index in [-0.39, 0.29) is 0 Å². The first kappa shape index (κ1) is 9.66. The quantitative estimate of drug-likeness (QED) is 0.758. The van der Waals surface area contributed by atoms with Crippen LogP contribution in [-0.2, 0) is 11.2 Å². The number of carboxylic acids is 1. The monoisotopic (exact) mass is 218 g/mol.